The van der Waals surface area contributed by atoms with Crippen LogP contribution >= 0.6 is 0 Å². The SMILES string of the molecule is Cc1ccc(-n2ccnc2)cc1CCN(CC1CC1)NC(=O)c1ccncn1. The number of benzene rings is 1. The van der Waals surface area contributed by atoms with Crippen LogP contribution in [0.15, 0.2) is 55.5 Å². The first kappa shape index (κ1) is 18.3. The van der Waals surface area contributed by atoms with E-state index in [-0.39, 0.29) is 5.91 Å². The highest BCUT2D eigenvalue weighted by molar-refractivity contribution is 5.91. The van der Waals surface area contributed by atoms with E-state index in [0.29, 0.717) is 11.6 Å². The van der Waals surface area contributed by atoms with Crippen LogP contribution in [0.2, 0.25) is 0 Å². The number of imidazole rings is 1. The maximum Gasteiger partial charge on any atom is 0.284 e. The molecule has 144 valence electrons. The van der Waals surface area contributed by atoms with E-state index in [1.54, 1.807) is 24.8 Å². The van der Waals surface area contributed by atoms with Crippen molar-refractivity contribution in [3.05, 3.63) is 72.3 Å². The number of hydrogen-bond acceptors (Lipinski definition) is 5. The zero-order valence-corrected chi connectivity index (χ0v) is 16.0. The lowest BCUT2D eigenvalue weighted by molar-refractivity contribution is 0.0775. The molecule has 7 heteroatoms. The molecule has 28 heavy (non-hydrogen) atoms. The van der Waals surface area contributed by atoms with Crippen LogP contribution in [-0.4, -0.2) is 43.5 Å². The Bertz CT molecular complexity index is 921. The fourth-order valence-electron chi connectivity index (χ4n) is 3.19. The van der Waals surface area contributed by atoms with Gasteiger partial charge in [-0.25, -0.2) is 20.0 Å². The molecule has 0 unspecified atom stereocenters. The van der Waals surface area contributed by atoms with E-state index in [1.807, 2.05) is 15.8 Å². The van der Waals surface area contributed by atoms with Crippen molar-refractivity contribution in [2.75, 3.05) is 13.1 Å². The average Bonchev–Trinajstić information content (AvgIpc) is 3.36. The highest BCUT2D eigenvalue weighted by atomic mass is 16.2. The van der Waals surface area contributed by atoms with Gasteiger partial charge in [-0.1, -0.05) is 6.07 Å². The first-order chi connectivity index (χ1) is 13.7. The minimum Gasteiger partial charge on any atom is -0.306 e. The van der Waals surface area contributed by atoms with Crippen LogP contribution in [0.4, 0.5) is 0 Å². The molecule has 0 bridgehead atoms. The lowest BCUT2D eigenvalue weighted by Gasteiger charge is -2.23. The first-order valence-corrected chi connectivity index (χ1v) is 9.59. The monoisotopic (exact) mass is 376 g/mol. The molecule has 0 spiro atoms. The quantitative estimate of drug-likeness (QED) is 0.612. The van der Waals surface area contributed by atoms with Gasteiger partial charge in [-0.2, -0.15) is 0 Å². The summed E-state index contributed by atoms with van der Waals surface area (Å²) in [5.74, 6) is 0.482. The molecule has 4 rings (SSSR count). The van der Waals surface area contributed by atoms with Crippen molar-refractivity contribution in [2.45, 2.75) is 26.2 Å². The topological polar surface area (TPSA) is 75.9 Å². The third kappa shape index (κ3) is 4.61. The number of amides is 1. The van der Waals surface area contributed by atoms with Crippen molar-refractivity contribution in [3.8, 4) is 5.69 Å². The lowest BCUT2D eigenvalue weighted by atomic mass is 10.0. The minimum atomic E-state index is -0.188. The molecule has 0 atom stereocenters. The number of aryl methyl sites for hydroxylation is 1. The Labute approximate surface area is 164 Å². The number of nitrogens with zero attached hydrogens (tertiary/aromatic N) is 5. The molecule has 0 aliphatic heterocycles. The molecule has 1 fully saturated rings. The summed E-state index contributed by atoms with van der Waals surface area (Å²) in [7, 11) is 0. The minimum absolute atomic E-state index is 0.188. The molecule has 2 heterocycles. The van der Waals surface area contributed by atoms with Gasteiger partial charge in [0, 0.05) is 37.4 Å². The molecule has 1 aliphatic carbocycles. The van der Waals surface area contributed by atoms with Crippen molar-refractivity contribution in [3.63, 3.8) is 0 Å². The number of nitrogens with one attached hydrogen (secondary N) is 1. The van der Waals surface area contributed by atoms with Gasteiger partial charge in [-0.3, -0.25) is 10.2 Å². The summed E-state index contributed by atoms with van der Waals surface area (Å²) in [4.78, 5) is 24.5. The Morgan fingerprint density at radius 3 is 2.86 bits per heavy atom. The molecule has 0 saturated heterocycles. The summed E-state index contributed by atoms with van der Waals surface area (Å²) >= 11 is 0. The summed E-state index contributed by atoms with van der Waals surface area (Å²) in [6, 6.07) is 8.05. The fraction of sp³-hybridized carbons (Fsp3) is 0.333. The predicted molar refractivity (Wildman–Crippen MR) is 106 cm³/mol. The third-order valence-corrected chi connectivity index (χ3v) is 5.04. The zero-order chi connectivity index (χ0) is 19.3. The van der Waals surface area contributed by atoms with Gasteiger partial charge in [0.25, 0.3) is 5.91 Å². The highest BCUT2D eigenvalue weighted by Gasteiger charge is 2.25. The maximum absolute atomic E-state index is 12.5. The van der Waals surface area contributed by atoms with Gasteiger partial charge in [0.1, 0.15) is 12.0 Å². The molecular weight excluding hydrogens is 352 g/mol. The lowest BCUT2D eigenvalue weighted by Crippen LogP contribution is -2.44. The second-order valence-electron chi connectivity index (χ2n) is 7.26. The molecule has 3 aromatic rings. The van der Waals surface area contributed by atoms with Gasteiger partial charge in [0.15, 0.2) is 0 Å². The number of rotatable bonds is 8. The van der Waals surface area contributed by atoms with E-state index in [1.165, 1.54) is 30.3 Å². The van der Waals surface area contributed by atoms with Crippen LogP contribution < -0.4 is 5.43 Å². The number of hydrogen-bond donors (Lipinski definition) is 1. The van der Waals surface area contributed by atoms with Crippen molar-refractivity contribution >= 4 is 5.91 Å². The summed E-state index contributed by atoms with van der Waals surface area (Å²) in [6.07, 6.45) is 11.8. The van der Waals surface area contributed by atoms with E-state index >= 15 is 0 Å². The molecule has 1 saturated carbocycles. The fourth-order valence-corrected chi connectivity index (χ4v) is 3.19. The van der Waals surface area contributed by atoms with Gasteiger partial charge in [-0.05, 0) is 61.4 Å². The molecular formula is C21H24N6O. The summed E-state index contributed by atoms with van der Waals surface area (Å²) < 4.78 is 2.00. The predicted octanol–water partition coefficient (Wildman–Crippen LogP) is 2.57. The number of aromatic nitrogens is 4. The van der Waals surface area contributed by atoms with Crippen LogP contribution in [0.5, 0.6) is 0 Å². The van der Waals surface area contributed by atoms with Crippen molar-refractivity contribution in [2.24, 2.45) is 5.92 Å². The van der Waals surface area contributed by atoms with Crippen LogP contribution in [0.1, 0.15) is 34.5 Å². The van der Waals surface area contributed by atoms with Gasteiger partial charge < -0.3 is 4.57 Å². The van der Waals surface area contributed by atoms with Gasteiger partial charge in [0.05, 0.1) is 6.33 Å². The van der Waals surface area contributed by atoms with Gasteiger partial charge >= 0.3 is 0 Å². The highest BCUT2D eigenvalue weighted by Crippen LogP contribution is 2.29. The van der Waals surface area contributed by atoms with Gasteiger partial charge in [0.2, 0.25) is 0 Å². The van der Waals surface area contributed by atoms with Crippen LogP contribution in [0.3, 0.4) is 0 Å². The molecule has 1 aliphatic rings. The smallest absolute Gasteiger partial charge is 0.284 e. The normalized spacial score (nSPS) is 13.6. The van der Waals surface area contributed by atoms with Crippen molar-refractivity contribution in [1.29, 1.82) is 0 Å². The van der Waals surface area contributed by atoms with Gasteiger partial charge in [-0.15, -0.1) is 0 Å². The van der Waals surface area contributed by atoms with Crippen LogP contribution in [0, 0.1) is 12.8 Å². The molecule has 1 amide bonds. The molecule has 2 aromatic heterocycles. The molecule has 0 radical (unpaired) electrons. The second kappa shape index (κ2) is 8.31. The summed E-state index contributed by atoms with van der Waals surface area (Å²) in [5, 5.41) is 2.03. The second-order valence-corrected chi connectivity index (χ2v) is 7.26. The Morgan fingerprint density at radius 2 is 2.14 bits per heavy atom. The molecule has 1 aromatic carbocycles. The van der Waals surface area contributed by atoms with Crippen LogP contribution in [-0.2, 0) is 6.42 Å². The maximum atomic E-state index is 12.5. The van der Waals surface area contributed by atoms with Crippen LogP contribution in [0.25, 0.3) is 5.69 Å². The Balaban J connectivity index is 1.44. The third-order valence-electron chi connectivity index (χ3n) is 5.04. The van der Waals surface area contributed by atoms with E-state index in [0.717, 1.165) is 25.2 Å². The number of carbonyl (C=O) groups is 1. The zero-order valence-electron chi connectivity index (χ0n) is 16.0. The Hall–Kier alpha value is -3.06. The van der Waals surface area contributed by atoms with E-state index in [4.69, 9.17) is 0 Å². The van der Waals surface area contributed by atoms with E-state index in [9.17, 15) is 4.79 Å². The van der Waals surface area contributed by atoms with E-state index < -0.39 is 0 Å². The van der Waals surface area contributed by atoms with Crippen molar-refractivity contribution in [1.82, 2.24) is 30.0 Å². The Morgan fingerprint density at radius 1 is 1.25 bits per heavy atom. The van der Waals surface area contributed by atoms with Crippen molar-refractivity contribution < 1.29 is 4.79 Å². The first-order valence-electron chi connectivity index (χ1n) is 9.59. The summed E-state index contributed by atoms with van der Waals surface area (Å²) in [5.41, 5.74) is 7.02. The number of carbonyl (C=O) groups excluding carboxylic acids is 1. The summed E-state index contributed by atoms with van der Waals surface area (Å²) in [6.45, 7) is 3.75. The molecule has 1 N–H and O–H groups in total. The average molecular weight is 376 g/mol. The Kier molecular flexibility index (Phi) is 5.43. The van der Waals surface area contributed by atoms with E-state index in [2.05, 4.69) is 45.5 Å². The molecule has 7 nitrogen and oxygen atoms in total. The standard InChI is InChI=1S/C21H24N6O/c1-16-2-5-19(26-11-9-23-15-26)12-18(16)7-10-27(13-17-3-4-17)25-21(28)20-6-8-22-14-24-20/h2,5-6,8-9,11-12,14-15,17H,3-4,7,10,13H2,1H3,(H,25,28). The largest absolute Gasteiger partial charge is 0.306 e. The number of hydrazine groups is 1.